The van der Waals surface area contributed by atoms with E-state index >= 15 is 0 Å². The number of rotatable bonds is 3. The second-order valence-electron chi connectivity index (χ2n) is 4.24. The van der Waals surface area contributed by atoms with E-state index in [1.54, 1.807) is 13.0 Å². The second-order valence-corrected chi connectivity index (χ2v) is 7.50. The minimum atomic E-state index is -4.09. The first-order chi connectivity index (χ1) is 9.70. The van der Waals surface area contributed by atoms with Crippen LogP contribution in [0, 0.1) is 12.7 Å². The molecule has 9 heteroatoms. The van der Waals surface area contributed by atoms with Gasteiger partial charge in [-0.2, -0.15) is 0 Å². The van der Waals surface area contributed by atoms with Crippen molar-refractivity contribution in [2.45, 2.75) is 11.8 Å². The third kappa shape index (κ3) is 3.53. The molecule has 0 fully saturated rings. The van der Waals surface area contributed by atoms with E-state index in [9.17, 15) is 12.8 Å². The smallest absolute Gasteiger partial charge is 0.264 e. The Labute approximate surface area is 138 Å². The molecule has 0 saturated heterocycles. The van der Waals surface area contributed by atoms with Gasteiger partial charge in [0.05, 0.1) is 11.9 Å². The maximum absolute atomic E-state index is 13.8. The molecule has 112 valence electrons. The topological polar surface area (TPSA) is 85.1 Å². The van der Waals surface area contributed by atoms with Crippen LogP contribution >= 0.6 is 31.9 Å². The molecule has 0 unspecified atom stereocenters. The summed E-state index contributed by atoms with van der Waals surface area (Å²) in [7, 11) is -4.09. The lowest BCUT2D eigenvalue weighted by Gasteiger charge is -2.11. The van der Waals surface area contributed by atoms with Gasteiger partial charge in [-0.1, -0.05) is 0 Å². The molecule has 0 atom stereocenters. The minimum Gasteiger partial charge on any atom is -0.398 e. The molecule has 0 aliphatic heterocycles. The Morgan fingerprint density at radius 3 is 2.57 bits per heavy atom. The number of nitrogens with one attached hydrogen (secondary N) is 1. The molecule has 21 heavy (non-hydrogen) atoms. The van der Waals surface area contributed by atoms with Gasteiger partial charge in [0, 0.05) is 10.2 Å². The molecular formula is C12H10Br2FN3O2S. The molecule has 3 N–H and O–H groups in total. The number of nitrogens with two attached hydrogens (primary N) is 1. The first kappa shape index (κ1) is 16.2. The van der Waals surface area contributed by atoms with E-state index in [0.717, 1.165) is 17.7 Å². The fraction of sp³-hybridized carbons (Fsp3) is 0.0833. The van der Waals surface area contributed by atoms with Crippen LogP contribution in [0.25, 0.3) is 0 Å². The summed E-state index contributed by atoms with van der Waals surface area (Å²) in [5, 5.41) is 0. The Morgan fingerprint density at radius 2 is 1.95 bits per heavy atom. The van der Waals surface area contributed by atoms with E-state index in [1.807, 2.05) is 0 Å². The van der Waals surface area contributed by atoms with Gasteiger partial charge in [-0.25, -0.2) is 17.8 Å². The number of halogens is 3. The van der Waals surface area contributed by atoms with Crippen molar-refractivity contribution in [2.24, 2.45) is 0 Å². The molecule has 0 spiro atoms. The lowest BCUT2D eigenvalue weighted by atomic mass is 10.3. The Kier molecular flexibility index (Phi) is 4.54. The summed E-state index contributed by atoms with van der Waals surface area (Å²) in [5.74, 6) is -0.898. The maximum Gasteiger partial charge on any atom is 0.264 e. The van der Waals surface area contributed by atoms with E-state index in [4.69, 9.17) is 5.73 Å². The normalized spacial score (nSPS) is 11.4. The SMILES string of the molecule is Cc1cc(NS(=O)(=O)c2cc(N)c(Br)cc2F)cnc1Br. The first-order valence-electron chi connectivity index (χ1n) is 5.60. The summed E-state index contributed by atoms with van der Waals surface area (Å²) in [6.07, 6.45) is 1.33. The van der Waals surface area contributed by atoms with Gasteiger partial charge in [-0.05, 0) is 62.5 Å². The number of benzene rings is 1. The number of sulfonamides is 1. The highest BCUT2D eigenvalue weighted by Gasteiger charge is 2.21. The molecule has 0 saturated carbocycles. The van der Waals surface area contributed by atoms with E-state index < -0.39 is 20.7 Å². The number of pyridine rings is 1. The Morgan fingerprint density at radius 1 is 1.29 bits per heavy atom. The third-order valence-electron chi connectivity index (χ3n) is 2.61. The van der Waals surface area contributed by atoms with Crippen LogP contribution in [0.5, 0.6) is 0 Å². The summed E-state index contributed by atoms with van der Waals surface area (Å²) in [5.41, 5.74) is 6.70. The number of hydrogen-bond donors (Lipinski definition) is 2. The molecule has 0 aliphatic carbocycles. The van der Waals surface area contributed by atoms with Crippen molar-refractivity contribution in [3.63, 3.8) is 0 Å². The summed E-state index contributed by atoms with van der Waals surface area (Å²) in [6, 6.07) is 3.64. The van der Waals surface area contributed by atoms with Gasteiger partial charge in [0.1, 0.15) is 15.3 Å². The zero-order chi connectivity index (χ0) is 15.8. The van der Waals surface area contributed by atoms with Crippen LogP contribution in [0.1, 0.15) is 5.56 Å². The molecular weight excluding hydrogens is 429 g/mol. The number of aryl methyl sites for hydroxylation is 1. The van der Waals surface area contributed by atoms with Crippen LogP contribution < -0.4 is 10.5 Å². The van der Waals surface area contributed by atoms with Crippen molar-refractivity contribution in [2.75, 3.05) is 10.5 Å². The summed E-state index contributed by atoms with van der Waals surface area (Å²) in [4.78, 5) is 3.45. The van der Waals surface area contributed by atoms with Crippen molar-refractivity contribution in [1.29, 1.82) is 0 Å². The van der Waals surface area contributed by atoms with Crippen molar-refractivity contribution in [1.82, 2.24) is 4.98 Å². The third-order valence-corrected chi connectivity index (χ3v) is 5.52. The van der Waals surface area contributed by atoms with Crippen LogP contribution in [-0.2, 0) is 10.0 Å². The van der Waals surface area contributed by atoms with Crippen LogP contribution in [0.15, 0.2) is 38.4 Å². The molecule has 0 bridgehead atoms. The Bertz CT molecular complexity index is 812. The molecule has 0 radical (unpaired) electrons. The van der Waals surface area contributed by atoms with Crippen molar-refractivity contribution in [3.8, 4) is 0 Å². The van der Waals surface area contributed by atoms with E-state index in [-0.39, 0.29) is 11.4 Å². The molecule has 0 amide bonds. The maximum atomic E-state index is 13.8. The Hall–Kier alpha value is -1.19. The van der Waals surface area contributed by atoms with Crippen LogP contribution in [0.3, 0.4) is 0 Å². The summed E-state index contributed by atoms with van der Waals surface area (Å²) >= 11 is 6.25. The number of anilines is 2. The summed E-state index contributed by atoms with van der Waals surface area (Å²) in [6.45, 7) is 1.76. The number of aromatic nitrogens is 1. The molecule has 2 aromatic rings. The quantitative estimate of drug-likeness (QED) is 0.567. The van der Waals surface area contributed by atoms with Gasteiger partial charge in [0.15, 0.2) is 0 Å². The van der Waals surface area contributed by atoms with Gasteiger partial charge in [0.2, 0.25) is 0 Å². The molecule has 1 aromatic carbocycles. The van der Waals surface area contributed by atoms with Gasteiger partial charge in [-0.3, -0.25) is 4.72 Å². The number of hydrogen-bond acceptors (Lipinski definition) is 4. The summed E-state index contributed by atoms with van der Waals surface area (Å²) < 4.78 is 41.4. The highest BCUT2D eigenvalue weighted by atomic mass is 79.9. The van der Waals surface area contributed by atoms with E-state index in [1.165, 1.54) is 6.20 Å². The van der Waals surface area contributed by atoms with Gasteiger partial charge in [0.25, 0.3) is 10.0 Å². The van der Waals surface area contributed by atoms with Crippen molar-refractivity contribution in [3.05, 3.63) is 44.9 Å². The highest BCUT2D eigenvalue weighted by Crippen LogP contribution is 2.27. The highest BCUT2D eigenvalue weighted by molar-refractivity contribution is 9.10. The van der Waals surface area contributed by atoms with Crippen molar-refractivity contribution < 1.29 is 12.8 Å². The second kappa shape index (κ2) is 5.90. The fourth-order valence-electron chi connectivity index (χ4n) is 1.57. The molecule has 2 rings (SSSR count). The lowest BCUT2D eigenvalue weighted by molar-refractivity contribution is 0.570. The molecule has 0 aliphatic rings. The largest absolute Gasteiger partial charge is 0.398 e. The predicted octanol–water partition coefficient (Wildman–Crippen LogP) is 3.44. The van der Waals surface area contributed by atoms with Crippen molar-refractivity contribution >= 4 is 53.3 Å². The average Bonchev–Trinajstić information content (AvgIpc) is 2.37. The lowest BCUT2D eigenvalue weighted by Crippen LogP contribution is -2.15. The number of nitrogens with zero attached hydrogens (tertiary/aromatic N) is 1. The molecule has 1 aromatic heterocycles. The predicted molar refractivity (Wildman–Crippen MR) is 86.0 cm³/mol. The Balaban J connectivity index is 2.43. The first-order valence-corrected chi connectivity index (χ1v) is 8.67. The standard InChI is InChI=1S/C12H10Br2FN3O2S/c1-6-2-7(5-17-12(6)14)18-21(19,20)11-4-10(16)8(13)3-9(11)15/h2-5,18H,16H2,1H3. The van der Waals surface area contributed by atoms with Crippen LogP contribution in [-0.4, -0.2) is 13.4 Å². The average molecular weight is 439 g/mol. The van der Waals surface area contributed by atoms with Crippen LogP contribution in [0.4, 0.5) is 15.8 Å². The van der Waals surface area contributed by atoms with E-state index in [2.05, 4.69) is 41.6 Å². The van der Waals surface area contributed by atoms with E-state index in [0.29, 0.717) is 9.08 Å². The van der Waals surface area contributed by atoms with Gasteiger partial charge >= 0.3 is 0 Å². The monoisotopic (exact) mass is 437 g/mol. The van der Waals surface area contributed by atoms with Gasteiger partial charge in [-0.15, -0.1) is 0 Å². The zero-order valence-corrected chi connectivity index (χ0v) is 14.7. The molecule has 1 heterocycles. The van der Waals surface area contributed by atoms with Gasteiger partial charge < -0.3 is 5.73 Å². The van der Waals surface area contributed by atoms with Crippen LogP contribution in [0.2, 0.25) is 0 Å². The minimum absolute atomic E-state index is 0.127. The molecule has 5 nitrogen and oxygen atoms in total. The zero-order valence-electron chi connectivity index (χ0n) is 10.7. The number of nitrogen functional groups attached to an aromatic ring is 1. The fourth-order valence-corrected chi connectivity index (χ4v) is 3.24.